The van der Waals surface area contributed by atoms with Gasteiger partial charge >= 0.3 is 5.97 Å². The molecular weight excluding hydrogens is 278 g/mol. The Morgan fingerprint density at radius 3 is 2.47 bits per heavy atom. The van der Waals surface area contributed by atoms with Crippen LogP contribution < -0.4 is 0 Å². The van der Waals surface area contributed by atoms with Gasteiger partial charge in [-0.1, -0.05) is 12.8 Å². The number of carbonyl (C=O) groups is 1. The molecule has 0 radical (unpaired) electrons. The van der Waals surface area contributed by atoms with E-state index in [2.05, 4.69) is 0 Å². The van der Waals surface area contributed by atoms with Crippen LogP contribution in [0.3, 0.4) is 0 Å². The number of hydrogen-bond acceptors (Lipinski definition) is 3. The smallest absolute Gasteiger partial charge is 0.335 e. The molecule has 0 aromatic heterocycles. The molecule has 19 heavy (non-hydrogen) atoms. The number of aromatic carboxylic acids is 1. The predicted molar refractivity (Wildman–Crippen MR) is 62.7 cm³/mol. The number of halogens is 2. The fourth-order valence-corrected chi connectivity index (χ4v) is 3.29. The topological polar surface area (TPSA) is 71.4 Å². The molecule has 0 bridgehead atoms. The standard InChI is InChI=1S/C12H12F2O4S/c13-9-5-8(12(15)16)6-10(11(9)14)19(17,18)4-3-7-1-2-7/h5-7H,1-4H2,(H,15,16). The predicted octanol–water partition coefficient (Wildman–Crippen LogP) is 2.24. The first-order valence-corrected chi connectivity index (χ1v) is 7.41. The van der Waals surface area contributed by atoms with Gasteiger partial charge in [-0.05, 0) is 24.5 Å². The molecule has 1 fully saturated rings. The van der Waals surface area contributed by atoms with Crippen molar-refractivity contribution in [3.63, 3.8) is 0 Å². The van der Waals surface area contributed by atoms with E-state index in [9.17, 15) is 22.0 Å². The zero-order chi connectivity index (χ0) is 14.2. The molecule has 0 saturated heterocycles. The van der Waals surface area contributed by atoms with Crippen LogP contribution in [0.5, 0.6) is 0 Å². The fourth-order valence-electron chi connectivity index (χ4n) is 1.75. The largest absolute Gasteiger partial charge is 0.478 e. The van der Waals surface area contributed by atoms with Crippen molar-refractivity contribution in [3.8, 4) is 0 Å². The summed E-state index contributed by atoms with van der Waals surface area (Å²) in [5.41, 5.74) is -0.580. The van der Waals surface area contributed by atoms with Crippen LogP contribution in [0.1, 0.15) is 29.6 Å². The van der Waals surface area contributed by atoms with E-state index in [1.54, 1.807) is 0 Å². The third-order valence-electron chi connectivity index (χ3n) is 3.07. The minimum atomic E-state index is -4.00. The maximum Gasteiger partial charge on any atom is 0.335 e. The van der Waals surface area contributed by atoms with Gasteiger partial charge in [-0.25, -0.2) is 22.0 Å². The average Bonchev–Trinajstić information content (AvgIpc) is 3.13. The molecule has 7 heteroatoms. The summed E-state index contributed by atoms with van der Waals surface area (Å²) in [5, 5.41) is 8.73. The van der Waals surface area contributed by atoms with Gasteiger partial charge in [-0.15, -0.1) is 0 Å². The Balaban J connectivity index is 2.38. The van der Waals surface area contributed by atoms with Gasteiger partial charge < -0.3 is 5.11 Å². The summed E-state index contributed by atoms with van der Waals surface area (Å²) in [7, 11) is -4.00. The van der Waals surface area contributed by atoms with Gasteiger partial charge in [0.15, 0.2) is 21.5 Å². The molecule has 0 aliphatic heterocycles. The van der Waals surface area contributed by atoms with Crippen LogP contribution in [0.25, 0.3) is 0 Å². The van der Waals surface area contributed by atoms with Gasteiger partial charge in [0, 0.05) is 0 Å². The average molecular weight is 290 g/mol. The van der Waals surface area contributed by atoms with Crippen LogP contribution in [0.2, 0.25) is 0 Å². The summed E-state index contributed by atoms with van der Waals surface area (Å²) in [6, 6.07) is 1.14. The van der Waals surface area contributed by atoms with E-state index in [-0.39, 0.29) is 5.75 Å². The molecule has 1 aliphatic carbocycles. The normalized spacial score (nSPS) is 15.5. The summed E-state index contributed by atoms with van der Waals surface area (Å²) in [5.74, 6) is -4.45. The van der Waals surface area contributed by atoms with E-state index < -0.39 is 37.9 Å². The van der Waals surface area contributed by atoms with Crippen molar-refractivity contribution >= 4 is 15.8 Å². The van der Waals surface area contributed by atoms with Gasteiger partial charge in [0.2, 0.25) is 0 Å². The molecule has 0 spiro atoms. The third-order valence-corrected chi connectivity index (χ3v) is 4.81. The zero-order valence-corrected chi connectivity index (χ0v) is 10.7. The van der Waals surface area contributed by atoms with Crippen molar-refractivity contribution in [2.45, 2.75) is 24.2 Å². The Kier molecular flexibility index (Phi) is 3.58. The third kappa shape index (κ3) is 3.09. The molecule has 1 saturated carbocycles. The first kappa shape index (κ1) is 13.9. The minimum absolute atomic E-state index is 0.295. The molecule has 0 heterocycles. The van der Waals surface area contributed by atoms with Crippen LogP contribution in [0.15, 0.2) is 17.0 Å². The lowest BCUT2D eigenvalue weighted by Crippen LogP contribution is -2.12. The second-order valence-corrected chi connectivity index (χ2v) is 6.70. The minimum Gasteiger partial charge on any atom is -0.478 e. The zero-order valence-electron chi connectivity index (χ0n) is 9.90. The molecule has 0 amide bonds. The number of rotatable bonds is 5. The summed E-state index contributed by atoms with van der Waals surface area (Å²) in [4.78, 5) is 9.87. The molecule has 1 aromatic rings. The van der Waals surface area contributed by atoms with Crippen LogP contribution in [0.4, 0.5) is 8.78 Å². The highest BCUT2D eigenvalue weighted by Crippen LogP contribution is 2.33. The van der Waals surface area contributed by atoms with Crippen LogP contribution >= 0.6 is 0 Å². The van der Waals surface area contributed by atoms with Gasteiger partial charge in [-0.2, -0.15) is 0 Å². The van der Waals surface area contributed by atoms with Crippen molar-refractivity contribution < 1.29 is 27.1 Å². The summed E-state index contributed by atoms with van der Waals surface area (Å²) in [6.07, 6.45) is 2.28. The highest BCUT2D eigenvalue weighted by molar-refractivity contribution is 7.91. The lowest BCUT2D eigenvalue weighted by Gasteiger charge is -2.07. The lowest BCUT2D eigenvalue weighted by molar-refractivity contribution is 0.0696. The summed E-state index contributed by atoms with van der Waals surface area (Å²) >= 11 is 0. The fraction of sp³-hybridized carbons (Fsp3) is 0.417. The van der Waals surface area contributed by atoms with Crippen LogP contribution in [-0.4, -0.2) is 25.2 Å². The Hall–Kier alpha value is -1.50. The van der Waals surface area contributed by atoms with E-state index >= 15 is 0 Å². The Labute approximate surface area is 109 Å². The van der Waals surface area contributed by atoms with Crippen molar-refractivity contribution in [2.24, 2.45) is 5.92 Å². The Bertz CT molecular complexity index is 621. The second-order valence-electron chi connectivity index (χ2n) is 4.63. The van der Waals surface area contributed by atoms with Crippen LogP contribution in [-0.2, 0) is 9.84 Å². The molecule has 1 N–H and O–H groups in total. The number of hydrogen-bond donors (Lipinski definition) is 1. The van der Waals surface area contributed by atoms with Crippen LogP contribution in [0, 0.1) is 17.6 Å². The molecule has 0 unspecified atom stereocenters. The number of carboxylic acids is 1. The van der Waals surface area contributed by atoms with Crippen molar-refractivity contribution in [2.75, 3.05) is 5.75 Å². The molecular formula is C12H12F2O4S. The monoisotopic (exact) mass is 290 g/mol. The highest BCUT2D eigenvalue weighted by atomic mass is 32.2. The maximum absolute atomic E-state index is 13.5. The number of sulfone groups is 1. The number of benzene rings is 1. The Morgan fingerprint density at radius 2 is 1.95 bits per heavy atom. The van der Waals surface area contributed by atoms with E-state index in [1.165, 1.54) is 0 Å². The van der Waals surface area contributed by atoms with E-state index in [4.69, 9.17) is 5.11 Å². The first-order valence-electron chi connectivity index (χ1n) is 5.76. The van der Waals surface area contributed by atoms with Crippen molar-refractivity contribution in [3.05, 3.63) is 29.3 Å². The quantitative estimate of drug-likeness (QED) is 0.902. The SMILES string of the molecule is O=C(O)c1cc(F)c(F)c(S(=O)(=O)CCC2CC2)c1. The summed E-state index contributed by atoms with van der Waals surface area (Å²) in [6.45, 7) is 0. The molecule has 0 atom stereocenters. The van der Waals surface area contributed by atoms with E-state index in [0.717, 1.165) is 12.8 Å². The second kappa shape index (κ2) is 4.88. The highest BCUT2D eigenvalue weighted by Gasteiger charge is 2.28. The van der Waals surface area contributed by atoms with Gasteiger partial charge in [0.1, 0.15) is 4.90 Å². The Morgan fingerprint density at radius 1 is 1.32 bits per heavy atom. The van der Waals surface area contributed by atoms with E-state index in [1.807, 2.05) is 0 Å². The molecule has 2 rings (SSSR count). The molecule has 104 valence electrons. The molecule has 4 nitrogen and oxygen atoms in total. The van der Waals surface area contributed by atoms with Gasteiger partial charge in [-0.3, -0.25) is 0 Å². The van der Waals surface area contributed by atoms with E-state index in [0.29, 0.717) is 24.5 Å². The van der Waals surface area contributed by atoms with Crippen molar-refractivity contribution in [1.29, 1.82) is 0 Å². The summed E-state index contributed by atoms with van der Waals surface area (Å²) < 4.78 is 50.6. The molecule has 1 aliphatic rings. The van der Waals surface area contributed by atoms with Gasteiger partial charge in [0.25, 0.3) is 0 Å². The van der Waals surface area contributed by atoms with Gasteiger partial charge in [0.05, 0.1) is 11.3 Å². The lowest BCUT2D eigenvalue weighted by atomic mass is 10.2. The molecule has 1 aromatic carbocycles. The van der Waals surface area contributed by atoms with Crippen molar-refractivity contribution in [1.82, 2.24) is 0 Å². The number of carboxylic acid groups (broad SMARTS) is 1. The maximum atomic E-state index is 13.5. The first-order chi connectivity index (χ1) is 8.81.